The van der Waals surface area contributed by atoms with Gasteiger partial charge in [0.05, 0.1) is 6.33 Å². The molecule has 15 nitrogen and oxygen atoms in total. The van der Waals surface area contributed by atoms with Crippen LogP contribution < -0.4 is 11.3 Å². The second-order valence-electron chi connectivity index (χ2n) is 7.69. The number of nitrogens with one attached hydrogen (secondary N) is 1. The van der Waals surface area contributed by atoms with E-state index >= 15 is 0 Å². The summed E-state index contributed by atoms with van der Waals surface area (Å²) >= 11 is 0. The number of rotatable bonds is 10. The van der Waals surface area contributed by atoms with Gasteiger partial charge in [0, 0.05) is 12.8 Å². The van der Waals surface area contributed by atoms with E-state index < -0.39 is 55.8 Å². The number of hydrogen-bond donors (Lipinski definition) is 5. The Morgan fingerprint density at radius 3 is 2.62 bits per heavy atom. The smallest absolute Gasteiger partial charge is 0.451 e. The Kier molecular flexibility index (Phi) is 7.85. The van der Waals surface area contributed by atoms with Crippen molar-refractivity contribution in [1.82, 2.24) is 19.5 Å². The minimum Gasteiger partial charge on any atom is -0.451 e. The molecule has 2 aromatic rings. The van der Waals surface area contributed by atoms with Gasteiger partial charge in [-0.2, -0.15) is 4.98 Å². The number of carbonyl (C=O) groups excluding carboxylic acids is 2. The third-order valence-corrected chi connectivity index (χ3v) is 5.58. The molecule has 16 heteroatoms. The molecule has 1 unspecified atom stereocenters. The number of imidazole rings is 1. The monoisotopic (exact) mass is 503 g/mol. The lowest BCUT2D eigenvalue weighted by Gasteiger charge is -2.27. The van der Waals surface area contributed by atoms with Crippen molar-refractivity contribution in [2.45, 2.75) is 70.2 Å². The average Bonchev–Trinajstić information content (AvgIpc) is 3.27. The molecular weight excluding hydrogens is 477 g/mol. The topological polar surface area (TPSA) is 229 Å². The van der Waals surface area contributed by atoms with Gasteiger partial charge < -0.3 is 30.1 Å². The highest BCUT2D eigenvalue weighted by molar-refractivity contribution is 7.46. The molecule has 1 aliphatic rings. The zero-order chi connectivity index (χ0) is 25.2. The summed E-state index contributed by atoms with van der Waals surface area (Å²) in [5.74, 6) is -1.57. The Hall–Kier alpha value is -2.68. The molecule has 2 aromatic heterocycles. The quantitative estimate of drug-likeness (QED) is 0.204. The number of anilines is 1. The van der Waals surface area contributed by atoms with Crippen LogP contribution in [-0.4, -0.2) is 70.6 Å². The van der Waals surface area contributed by atoms with Crippen molar-refractivity contribution >= 4 is 36.7 Å². The fourth-order valence-corrected chi connectivity index (χ4v) is 4.23. The molecule has 0 bridgehead atoms. The van der Waals surface area contributed by atoms with Crippen LogP contribution in [0.5, 0.6) is 0 Å². The number of phosphoric acid groups is 1. The summed E-state index contributed by atoms with van der Waals surface area (Å²) in [6, 6.07) is 0. The summed E-state index contributed by atoms with van der Waals surface area (Å²) in [6.07, 6.45) is -6.40. The van der Waals surface area contributed by atoms with E-state index in [4.69, 9.17) is 19.7 Å². The molecule has 1 aliphatic heterocycles. The van der Waals surface area contributed by atoms with E-state index in [-0.39, 0.29) is 30.0 Å². The number of esters is 1. The van der Waals surface area contributed by atoms with Crippen molar-refractivity contribution in [2.75, 3.05) is 5.73 Å². The maximum Gasteiger partial charge on any atom is 0.470 e. The molecule has 0 spiro atoms. The fourth-order valence-electron chi connectivity index (χ4n) is 3.67. The number of ether oxygens (including phenoxy) is 2. The maximum absolute atomic E-state index is 12.8. The van der Waals surface area contributed by atoms with Crippen molar-refractivity contribution < 1.29 is 43.0 Å². The molecule has 6 N–H and O–H groups in total. The predicted octanol–water partition coefficient (Wildman–Crippen LogP) is -0.481. The lowest BCUT2D eigenvalue weighted by atomic mass is 9.99. The number of nitrogen functional groups attached to an aromatic ring is 1. The van der Waals surface area contributed by atoms with Gasteiger partial charge >= 0.3 is 13.8 Å². The maximum atomic E-state index is 12.8. The van der Waals surface area contributed by atoms with Gasteiger partial charge in [-0.15, -0.1) is 0 Å². The van der Waals surface area contributed by atoms with Crippen LogP contribution >= 0.6 is 7.82 Å². The average molecular weight is 503 g/mol. The summed E-state index contributed by atoms with van der Waals surface area (Å²) in [5.41, 5.74) is 4.68. The molecule has 0 saturated carbocycles. The van der Waals surface area contributed by atoms with E-state index in [2.05, 4.69) is 15.0 Å². The van der Waals surface area contributed by atoms with Crippen LogP contribution in [0.25, 0.3) is 11.2 Å². The molecule has 3 rings (SSSR count). The Balaban J connectivity index is 2.05. The molecule has 0 aliphatic carbocycles. The van der Waals surface area contributed by atoms with E-state index in [1.807, 2.05) is 0 Å². The first-order chi connectivity index (χ1) is 16.0. The van der Waals surface area contributed by atoms with Crippen molar-refractivity contribution in [1.29, 1.82) is 0 Å². The Bertz CT molecular complexity index is 1160. The SMILES string of the molecule is CCCC(=O)OC(C(=O)CCC)[C@H]1O[C@@H](n2cnc3c(=O)[nH]c(N)nc32)[C@H](O)[C@@H]1OP(=O)(O)O. The van der Waals surface area contributed by atoms with Crippen LogP contribution in [0, 0.1) is 0 Å². The lowest BCUT2D eigenvalue weighted by Crippen LogP contribution is -2.46. The van der Waals surface area contributed by atoms with Gasteiger partial charge in [0.2, 0.25) is 5.95 Å². The number of ketones is 1. The van der Waals surface area contributed by atoms with Gasteiger partial charge in [-0.25, -0.2) is 9.55 Å². The number of aliphatic hydroxyl groups excluding tert-OH is 1. The standard InChI is InChI=1S/C18H26N5O10P/c1-3-5-8(24)12(31-9(25)6-4-2)14-13(33-34(28,29)30)11(26)17(32-14)23-7-20-10-15(23)21-18(19)22-16(10)27/h7,11-14,17,26H,3-6H2,1-2H3,(H2,28,29,30)(H3,19,21,22,27)/t11-,12?,13+,14-,17-/m1/s1. The van der Waals surface area contributed by atoms with Gasteiger partial charge in [0.15, 0.2) is 29.3 Å². The van der Waals surface area contributed by atoms with Crippen LogP contribution in [0.1, 0.15) is 45.8 Å². The van der Waals surface area contributed by atoms with Gasteiger partial charge in [-0.1, -0.05) is 13.8 Å². The first-order valence-electron chi connectivity index (χ1n) is 10.5. The van der Waals surface area contributed by atoms with Gasteiger partial charge in [0.25, 0.3) is 5.56 Å². The minimum atomic E-state index is -5.20. The van der Waals surface area contributed by atoms with E-state index in [1.165, 1.54) is 0 Å². The van der Waals surface area contributed by atoms with E-state index in [1.54, 1.807) is 13.8 Å². The number of phosphoric ester groups is 1. The molecule has 1 fully saturated rings. The van der Waals surface area contributed by atoms with Gasteiger partial charge in [0.1, 0.15) is 18.3 Å². The number of aromatic nitrogens is 4. The molecule has 188 valence electrons. The van der Waals surface area contributed by atoms with Crippen molar-refractivity contribution in [3.63, 3.8) is 0 Å². The second kappa shape index (κ2) is 10.3. The zero-order valence-corrected chi connectivity index (χ0v) is 19.3. The number of aromatic amines is 1. The highest BCUT2D eigenvalue weighted by Gasteiger charge is 2.54. The summed E-state index contributed by atoms with van der Waals surface area (Å²) in [7, 11) is -5.20. The normalized spacial score (nSPS) is 23.8. The number of hydrogen-bond acceptors (Lipinski definition) is 11. The van der Waals surface area contributed by atoms with Crippen LogP contribution in [0.4, 0.5) is 5.95 Å². The first-order valence-corrected chi connectivity index (χ1v) is 12.0. The largest absolute Gasteiger partial charge is 0.470 e. The summed E-state index contributed by atoms with van der Waals surface area (Å²) in [6.45, 7) is 3.44. The number of carbonyl (C=O) groups is 2. The van der Waals surface area contributed by atoms with Crippen molar-refractivity contribution in [2.24, 2.45) is 0 Å². The van der Waals surface area contributed by atoms with Crippen molar-refractivity contribution in [3.05, 3.63) is 16.7 Å². The highest BCUT2D eigenvalue weighted by atomic mass is 31.2. The fraction of sp³-hybridized carbons (Fsp3) is 0.611. The van der Waals surface area contributed by atoms with E-state index in [0.717, 1.165) is 10.9 Å². The molecule has 1 saturated heterocycles. The van der Waals surface area contributed by atoms with E-state index in [9.17, 15) is 33.8 Å². The number of H-pyrrole nitrogens is 1. The number of Topliss-reactive ketones (excluding diaryl/α,β-unsaturated/α-hetero) is 1. The third-order valence-electron chi connectivity index (χ3n) is 5.06. The first kappa shape index (κ1) is 25.9. The predicted molar refractivity (Wildman–Crippen MR) is 114 cm³/mol. The molecule has 0 amide bonds. The summed E-state index contributed by atoms with van der Waals surface area (Å²) < 4.78 is 28.6. The Morgan fingerprint density at radius 2 is 2.00 bits per heavy atom. The molecular formula is C18H26N5O10P. The second-order valence-corrected chi connectivity index (χ2v) is 8.89. The van der Waals surface area contributed by atoms with Crippen molar-refractivity contribution in [3.8, 4) is 0 Å². The van der Waals surface area contributed by atoms with Gasteiger partial charge in [-0.05, 0) is 12.8 Å². The summed E-state index contributed by atoms with van der Waals surface area (Å²) in [4.78, 5) is 66.0. The van der Waals surface area contributed by atoms with E-state index in [0.29, 0.717) is 12.8 Å². The highest BCUT2D eigenvalue weighted by Crippen LogP contribution is 2.45. The number of nitrogens with two attached hydrogens (primary N) is 1. The Labute approximate surface area is 192 Å². The lowest BCUT2D eigenvalue weighted by molar-refractivity contribution is -0.169. The van der Waals surface area contributed by atoms with Crippen LogP contribution in [0.2, 0.25) is 0 Å². The number of aliphatic hydroxyl groups is 1. The molecule has 0 aromatic carbocycles. The molecule has 5 atom stereocenters. The number of nitrogens with zero attached hydrogens (tertiary/aromatic N) is 3. The van der Waals surface area contributed by atoms with Gasteiger partial charge in [-0.3, -0.25) is 28.5 Å². The van der Waals surface area contributed by atoms with Crippen LogP contribution in [-0.2, 0) is 28.2 Å². The van der Waals surface area contributed by atoms with Crippen LogP contribution in [0.15, 0.2) is 11.1 Å². The molecule has 0 radical (unpaired) electrons. The summed E-state index contributed by atoms with van der Waals surface area (Å²) in [5, 5.41) is 10.9. The Morgan fingerprint density at radius 1 is 1.32 bits per heavy atom. The third kappa shape index (κ3) is 5.51. The minimum absolute atomic E-state index is 0.0171. The molecule has 3 heterocycles. The number of fused-ring (bicyclic) bond motifs is 1. The zero-order valence-electron chi connectivity index (χ0n) is 18.4. The van der Waals surface area contributed by atoms with Crippen LogP contribution in [0.3, 0.4) is 0 Å². The molecule has 34 heavy (non-hydrogen) atoms.